The van der Waals surface area contributed by atoms with Gasteiger partial charge in [-0.3, -0.25) is 9.59 Å². The highest BCUT2D eigenvalue weighted by atomic mass is 16.4. The molecule has 0 saturated carbocycles. The van der Waals surface area contributed by atoms with Gasteiger partial charge in [-0.1, -0.05) is 31.2 Å². The Hall–Kier alpha value is -1.64. The van der Waals surface area contributed by atoms with E-state index in [1.54, 1.807) is 6.07 Å². The smallest absolute Gasteiger partial charge is 0.310 e. The standard InChI is InChI=1S/C13H16O3/c1-3-11(13(15)16)12-7-5-4-6-10(12)8-9(2)14/h4-7,11H,3,8H2,1-2H3,(H,15,16). The van der Waals surface area contributed by atoms with Gasteiger partial charge in [0, 0.05) is 6.42 Å². The summed E-state index contributed by atoms with van der Waals surface area (Å²) < 4.78 is 0. The first kappa shape index (κ1) is 12.4. The number of hydrogen-bond donors (Lipinski definition) is 1. The molecule has 0 spiro atoms. The molecule has 0 bridgehead atoms. The van der Waals surface area contributed by atoms with Gasteiger partial charge in [0.15, 0.2) is 0 Å². The molecule has 1 N–H and O–H groups in total. The first-order valence-electron chi connectivity index (χ1n) is 5.36. The van der Waals surface area contributed by atoms with Crippen molar-refractivity contribution in [3.8, 4) is 0 Å². The molecule has 3 heteroatoms. The summed E-state index contributed by atoms with van der Waals surface area (Å²) in [6.07, 6.45) is 0.838. The van der Waals surface area contributed by atoms with E-state index in [0.717, 1.165) is 11.1 Å². The number of carboxylic acids is 1. The van der Waals surface area contributed by atoms with Crippen molar-refractivity contribution in [3.63, 3.8) is 0 Å². The highest BCUT2D eigenvalue weighted by Gasteiger charge is 2.20. The van der Waals surface area contributed by atoms with E-state index in [1.165, 1.54) is 6.92 Å². The molecule has 1 atom stereocenters. The van der Waals surface area contributed by atoms with Crippen LogP contribution in [0.25, 0.3) is 0 Å². The zero-order valence-corrected chi connectivity index (χ0v) is 9.56. The third kappa shape index (κ3) is 2.92. The lowest BCUT2D eigenvalue weighted by molar-refractivity contribution is -0.139. The number of aliphatic carboxylic acids is 1. The Kier molecular flexibility index (Phi) is 4.23. The van der Waals surface area contributed by atoms with Crippen LogP contribution in [0.1, 0.15) is 37.3 Å². The van der Waals surface area contributed by atoms with Gasteiger partial charge in [-0.05, 0) is 24.5 Å². The average molecular weight is 220 g/mol. The van der Waals surface area contributed by atoms with Crippen molar-refractivity contribution >= 4 is 11.8 Å². The van der Waals surface area contributed by atoms with E-state index in [2.05, 4.69) is 0 Å². The minimum absolute atomic E-state index is 0.0488. The van der Waals surface area contributed by atoms with Crippen molar-refractivity contribution in [1.82, 2.24) is 0 Å². The minimum atomic E-state index is -0.835. The highest BCUT2D eigenvalue weighted by molar-refractivity contribution is 5.81. The molecule has 0 aromatic heterocycles. The SMILES string of the molecule is CCC(C(=O)O)c1ccccc1CC(C)=O. The molecule has 86 valence electrons. The quantitative estimate of drug-likeness (QED) is 0.829. The van der Waals surface area contributed by atoms with Crippen LogP contribution in [0.3, 0.4) is 0 Å². The Balaban J connectivity index is 3.10. The van der Waals surface area contributed by atoms with Crippen molar-refractivity contribution in [2.24, 2.45) is 0 Å². The van der Waals surface area contributed by atoms with Crippen LogP contribution in [-0.2, 0) is 16.0 Å². The van der Waals surface area contributed by atoms with Gasteiger partial charge in [0.05, 0.1) is 5.92 Å². The van der Waals surface area contributed by atoms with E-state index >= 15 is 0 Å². The first-order valence-corrected chi connectivity index (χ1v) is 5.36. The lowest BCUT2D eigenvalue weighted by atomic mass is 9.90. The van der Waals surface area contributed by atoms with Gasteiger partial charge < -0.3 is 5.11 Å². The molecular weight excluding hydrogens is 204 g/mol. The number of carboxylic acid groups (broad SMARTS) is 1. The highest BCUT2D eigenvalue weighted by Crippen LogP contribution is 2.24. The summed E-state index contributed by atoms with van der Waals surface area (Å²) in [6, 6.07) is 7.25. The average Bonchev–Trinajstić information content (AvgIpc) is 2.20. The summed E-state index contributed by atoms with van der Waals surface area (Å²) in [6.45, 7) is 3.35. The summed E-state index contributed by atoms with van der Waals surface area (Å²) in [5.74, 6) is -1.30. The Morgan fingerprint density at radius 1 is 1.31 bits per heavy atom. The third-order valence-corrected chi connectivity index (χ3v) is 2.58. The van der Waals surface area contributed by atoms with Gasteiger partial charge in [-0.2, -0.15) is 0 Å². The molecule has 16 heavy (non-hydrogen) atoms. The molecule has 0 aliphatic rings. The predicted octanol–water partition coefficient (Wildman–Crippen LogP) is 2.40. The fourth-order valence-corrected chi connectivity index (χ4v) is 1.83. The van der Waals surface area contributed by atoms with E-state index in [1.807, 2.05) is 25.1 Å². The topological polar surface area (TPSA) is 54.4 Å². The van der Waals surface area contributed by atoms with Gasteiger partial charge in [0.1, 0.15) is 5.78 Å². The molecule has 1 aromatic rings. The Labute approximate surface area is 95.1 Å². The van der Waals surface area contributed by atoms with E-state index in [-0.39, 0.29) is 5.78 Å². The van der Waals surface area contributed by atoms with Crippen molar-refractivity contribution in [2.45, 2.75) is 32.6 Å². The van der Waals surface area contributed by atoms with Crippen molar-refractivity contribution < 1.29 is 14.7 Å². The van der Waals surface area contributed by atoms with Crippen LogP contribution in [0.5, 0.6) is 0 Å². The Morgan fingerprint density at radius 3 is 2.44 bits per heavy atom. The molecule has 1 rings (SSSR count). The van der Waals surface area contributed by atoms with Crippen molar-refractivity contribution in [3.05, 3.63) is 35.4 Å². The number of carbonyl (C=O) groups excluding carboxylic acids is 1. The number of rotatable bonds is 5. The van der Waals surface area contributed by atoms with Crippen molar-refractivity contribution in [1.29, 1.82) is 0 Å². The molecule has 1 unspecified atom stereocenters. The van der Waals surface area contributed by atoms with E-state index in [4.69, 9.17) is 5.11 Å². The normalized spacial score (nSPS) is 12.1. The zero-order chi connectivity index (χ0) is 12.1. The first-order chi connectivity index (χ1) is 7.56. The number of benzene rings is 1. The maximum Gasteiger partial charge on any atom is 0.310 e. The van der Waals surface area contributed by atoms with Crippen LogP contribution >= 0.6 is 0 Å². The summed E-state index contributed by atoms with van der Waals surface area (Å²) in [4.78, 5) is 22.2. The van der Waals surface area contributed by atoms with Crippen LogP contribution in [0.4, 0.5) is 0 Å². The van der Waals surface area contributed by atoms with Gasteiger partial charge in [-0.15, -0.1) is 0 Å². The largest absolute Gasteiger partial charge is 0.481 e. The molecule has 0 aliphatic heterocycles. The fraction of sp³-hybridized carbons (Fsp3) is 0.385. The molecule has 3 nitrogen and oxygen atoms in total. The second kappa shape index (κ2) is 5.45. The van der Waals surface area contributed by atoms with Crippen LogP contribution in [0.2, 0.25) is 0 Å². The molecule has 1 aromatic carbocycles. The van der Waals surface area contributed by atoms with E-state index in [0.29, 0.717) is 12.8 Å². The van der Waals surface area contributed by atoms with Crippen LogP contribution in [0.15, 0.2) is 24.3 Å². The molecule has 0 fully saturated rings. The third-order valence-electron chi connectivity index (χ3n) is 2.58. The number of carbonyl (C=O) groups is 2. The van der Waals surface area contributed by atoms with Gasteiger partial charge >= 0.3 is 5.97 Å². The number of hydrogen-bond acceptors (Lipinski definition) is 2. The molecular formula is C13H16O3. The van der Waals surface area contributed by atoms with Crippen LogP contribution in [-0.4, -0.2) is 16.9 Å². The minimum Gasteiger partial charge on any atom is -0.481 e. The fourth-order valence-electron chi connectivity index (χ4n) is 1.83. The summed E-state index contributed by atoms with van der Waals surface area (Å²) in [5.41, 5.74) is 1.58. The molecule has 0 saturated heterocycles. The van der Waals surface area contributed by atoms with Gasteiger partial charge in [-0.25, -0.2) is 0 Å². The van der Waals surface area contributed by atoms with Crippen LogP contribution in [0, 0.1) is 0 Å². The second-order valence-electron chi connectivity index (χ2n) is 3.88. The summed E-state index contributed by atoms with van der Waals surface area (Å²) in [7, 11) is 0. The van der Waals surface area contributed by atoms with Gasteiger partial charge in [0.25, 0.3) is 0 Å². The lowest BCUT2D eigenvalue weighted by Crippen LogP contribution is -2.13. The van der Waals surface area contributed by atoms with Gasteiger partial charge in [0.2, 0.25) is 0 Å². The number of Topliss-reactive ketones (excluding diaryl/α,β-unsaturated/α-hetero) is 1. The lowest BCUT2D eigenvalue weighted by Gasteiger charge is -2.14. The molecule has 0 radical (unpaired) electrons. The predicted molar refractivity (Wildman–Crippen MR) is 61.5 cm³/mol. The molecule has 0 amide bonds. The molecule has 0 aliphatic carbocycles. The van der Waals surface area contributed by atoms with Crippen molar-refractivity contribution in [2.75, 3.05) is 0 Å². The Morgan fingerprint density at radius 2 is 1.94 bits per heavy atom. The maximum atomic E-state index is 11.1. The monoisotopic (exact) mass is 220 g/mol. The van der Waals surface area contributed by atoms with Crippen LogP contribution < -0.4 is 0 Å². The molecule has 0 heterocycles. The zero-order valence-electron chi connectivity index (χ0n) is 9.56. The van der Waals surface area contributed by atoms with E-state index < -0.39 is 11.9 Å². The maximum absolute atomic E-state index is 11.1. The van der Waals surface area contributed by atoms with E-state index in [9.17, 15) is 9.59 Å². The Bertz CT molecular complexity index is 396. The summed E-state index contributed by atoms with van der Waals surface area (Å²) >= 11 is 0. The second-order valence-corrected chi connectivity index (χ2v) is 3.88. The number of ketones is 1. The summed E-state index contributed by atoms with van der Waals surface area (Å²) in [5, 5.41) is 9.10.